The Labute approximate surface area is 105 Å². The summed E-state index contributed by atoms with van der Waals surface area (Å²) in [5.41, 5.74) is 2.03. The fourth-order valence-corrected chi connectivity index (χ4v) is 2.23. The lowest BCUT2D eigenvalue weighted by atomic mass is 10.1. The Balaban J connectivity index is 2.49. The third-order valence-corrected chi connectivity index (χ3v) is 3.14. The maximum atomic E-state index is 6.21. The number of hydrogen-bond acceptors (Lipinski definition) is 3. The van der Waals surface area contributed by atoms with Gasteiger partial charge in [-0.2, -0.15) is 5.10 Å². The first-order valence-corrected chi connectivity index (χ1v) is 5.91. The van der Waals surface area contributed by atoms with Gasteiger partial charge < -0.3 is 9.88 Å². The second-order valence-corrected chi connectivity index (χ2v) is 4.25. The van der Waals surface area contributed by atoms with E-state index in [1.165, 1.54) is 0 Å². The van der Waals surface area contributed by atoms with Gasteiger partial charge in [0.2, 0.25) is 0 Å². The summed E-state index contributed by atoms with van der Waals surface area (Å²) in [7, 11) is 3.87. The van der Waals surface area contributed by atoms with E-state index in [9.17, 15) is 0 Å². The molecular weight excluding hydrogens is 238 g/mol. The first-order chi connectivity index (χ1) is 8.19. The minimum atomic E-state index is -0.00236. The molecule has 1 N–H and O–H groups in total. The Morgan fingerprint density at radius 2 is 2.24 bits per heavy atom. The Morgan fingerprint density at radius 1 is 1.47 bits per heavy atom. The molecule has 5 nitrogen and oxygen atoms in total. The molecule has 92 valence electrons. The van der Waals surface area contributed by atoms with Crippen LogP contribution in [-0.2, 0) is 13.6 Å². The van der Waals surface area contributed by atoms with Crippen LogP contribution in [0.15, 0.2) is 18.7 Å². The van der Waals surface area contributed by atoms with E-state index >= 15 is 0 Å². The maximum Gasteiger partial charge on any atom is 0.0946 e. The van der Waals surface area contributed by atoms with Crippen molar-refractivity contribution in [3.8, 4) is 0 Å². The van der Waals surface area contributed by atoms with Crippen molar-refractivity contribution in [1.82, 2.24) is 24.6 Å². The zero-order valence-electron chi connectivity index (χ0n) is 10.2. The summed E-state index contributed by atoms with van der Waals surface area (Å²) >= 11 is 6.21. The molecule has 2 aromatic rings. The highest BCUT2D eigenvalue weighted by Crippen LogP contribution is 2.27. The molecule has 0 saturated heterocycles. The van der Waals surface area contributed by atoms with Crippen LogP contribution in [0.5, 0.6) is 0 Å². The van der Waals surface area contributed by atoms with Gasteiger partial charge in [-0.3, -0.25) is 4.68 Å². The molecule has 0 aromatic carbocycles. The minimum absolute atomic E-state index is 0.00236. The number of nitrogens with zero attached hydrogens (tertiary/aromatic N) is 4. The number of halogens is 1. The summed E-state index contributed by atoms with van der Waals surface area (Å²) in [6, 6.07) is -0.00236. The molecule has 2 heterocycles. The molecule has 0 amide bonds. The summed E-state index contributed by atoms with van der Waals surface area (Å²) < 4.78 is 3.88. The van der Waals surface area contributed by atoms with Gasteiger partial charge in [0.15, 0.2) is 0 Å². The fourth-order valence-electron chi connectivity index (χ4n) is 1.98. The lowest BCUT2D eigenvalue weighted by Gasteiger charge is -2.18. The number of imidazole rings is 1. The molecule has 0 aliphatic heterocycles. The van der Waals surface area contributed by atoms with E-state index in [2.05, 4.69) is 15.4 Å². The molecule has 17 heavy (non-hydrogen) atoms. The molecule has 0 spiro atoms. The molecule has 0 radical (unpaired) electrons. The van der Waals surface area contributed by atoms with Crippen LogP contribution in [0.3, 0.4) is 0 Å². The summed E-state index contributed by atoms with van der Waals surface area (Å²) in [6.45, 7) is 2.83. The smallest absolute Gasteiger partial charge is 0.0946 e. The van der Waals surface area contributed by atoms with Crippen LogP contribution in [0.2, 0.25) is 5.02 Å². The Kier molecular flexibility index (Phi) is 3.49. The zero-order chi connectivity index (χ0) is 12.4. The predicted octanol–water partition coefficient (Wildman–Crippen LogP) is 1.60. The highest BCUT2D eigenvalue weighted by molar-refractivity contribution is 6.31. The summed E-state index contributed by atoms with van der Waals surface area (Å²) in [5.74, 6) is 0. The van der Waals surface area contributed by atoms with E-state index in [1.54, 1.807) is 12.5 Å². The van der Waals surface area contributed by atoms with Gasteiger partial charge in [0.05, 0.1) is 41.2 Å². The van der Waals surface area contributed by atoms with Crippen molar-refractivity contribution >= 4 is 11.6 Å². The number of hydrogen-bond donors (Lipinski definition) is 1. The van der Waals surface area contributed by atoms with E-state index in [0.29, 0.717) is 5.02 Å². The van der Waals surface area contributed by atoms with E-state index in [4.69, 9.17) is 11.6 Å². The predicted molar refractivity (Wildman–Crippen MR) is 67.0 cm³/mol. The molecule has 0 aliphatic carbocycles. The third kappa shape index (κ3) is 2.08. The fraction of sp³-hybridized carbons (Fsp3) is 0.455. The molecule has 2 aromatic heterocycles. The lowest BCUT2D eigenvalue weighted by molar-refractivity contribution is 0.545. The van der Waals surface area contributed by atoms with Crippen LogP contribution in [0, 0.1) is 0 Å². The average molecular weight is 254 g/mol. The van der Waals surface area contributed by atoms with Crippen LogP contribution in [0.25, 0.3) is 0 Å². The Hall–Kier alpha value is -1.33. The van der Waals surface area contributed by atoms with Gasteiger partial charge in [0.1, 0.15) is 0 Å². The normalized spacial score (nSPS) is 12.9. The third-order valence-electron chi connectivity index (χ3n) is 2.84. The summed E-state index contributed by atoms with van der Waals surface area (Å²) in [4.78, 5) is 4.14. The number of rotatable bonds is 4. The highest BCUT2D eigenvalue weighted by atomic mass is 35.5. The van der Waals surface area contributed by atoms with Crippen molar-refractivity contribution in [3.05, 3.63) is 35.1 Å². The zero-order valence-corrected chi connectivity index (χ0v) is 10.9. The molecule has 0 aliphatic rings. The quantitative estimate of drug-likeness (QED) is 0.900. The average Bonchev–Trinajstić information content (AvgIpc) is 2.89. The van der Waals surface area contributed by atoms with Gasteiger partial charge in [-0.15, -0.1) is 0 Å². The van der Waals surface area contributed by atoms with Crippen molar-refractivity contribution in [2.24, 2.45) is 7.05 Å². The summed E-state index contributed by atoms with van der Waals surface area (Å²) in [6.07, 6.45) is 5.30. The van der Waals surface area contributed by atoms with E-state index in [-0.39, 0.29) is 6.04 Å². The van der Waals surface area contributed by atoms with E-state index < -0.39 is 0 Å². The minimum Gasteiger partial charge on any atom is -0.336 e. The van der Waals surface area contributed by atoms with E-state index in [0.717, 1.165) is 17.9 Å². The van der Waals surface area contributed by atoms with Crippen LogP contribution in [-0.4, -0.2) is 26.4 Å². The highest BCUT2D eigenvalue weighted by Gasteiger charge is 2.22. The number of nitrogens with one attached hydrogen (secondary N) is 1. The second kappa shape index (κ2) is 4.89. The van der Waals surface area contributed by atoms with Crippen molar-refractivity contribution in [1.29, 1.82) is 0 Å². The van der Waals surface area contributed by atoms with Crippen LogP contribution < -0.4 is 5.32 Å². The first-order valence-electron chi connectivity index (χ1n) is 5.53. The van der Waals surface area contributed by atoms with Crippen molar-refractivity contribution in [2.45, 2.75) is 19.5 Å². The summed E-state index contributed by atoms with van der Waals surface area (Å²) in [5, 5.41) is 8.19. The molecule has 6 heteroatoms. The van der Waals surface area contributed by atoms with Gasteiger partial charge in [0.25, 0.3) is 0 Å². The van der Waals surface area contributed by atoms with Gasteiger partial charge in [-0.1, -0.05) is 11.6 Å². The standard InChI is InChI=1S/C11H16ClN5/c1-4-17-11(8(12)5-15-17)10(13-2)9-6-14-7-16(9)3/h5-7,10,13H,4H2,1-3H3. The van der Waals surface area contributed by atoms with Crippen LogP contribution in [0.4, 0.5) is 0 Å². The molecular formula is C11H16ClN5. The Morgan fingerprint density at radius 3 is 2.76 bits per heavy atom. The Bertz CT molecular complexity index is 502. The molecule has 2 rings (SSSR count). The number of aryl methyl sites for hydroxylation is 2. The van der Waals surface area contributed by atoms with Crippen molar-refractivity contribution in [3.63, 3.8) is 0 Å². The van der Waals surface area contributed by atoms with Gasteiger partial charge in [-0.05, 0) is 14.0 Å². The van der Waals surface area contributed by atoms with Crippen molar-refractivity contribution in [2.75, 3.05) is 7.05 Å². The molecule has 1 atom stereocenters. The largest absolute Gasteiger partial charge is 0.336 e. The monoisotopic (exact) mass is 253 g/mol. The molecule has 0 saturated carbocycles. The SMILES string of the molecule is CCn1ncc(Cl)c1C(NC)c1cncn1C. The maximum absolute atomic E-state index is 6.21. The molecule has 0 fully saturated rings. The van der Waals surface area contributed by atoms with Gasteiger partial charge in [0, 0.05) is 13.6 Å². The van der Waals surface area contributed by atoms with Crippen LogP contribution in [0.1, 0.15) is 24.4 Å². The first kappa shape index (κ1) is 12.1. The van der Waals surface area contributed by atoms with Crippen LogP contribution >= 0.6 is 11.6 Å². The molecule has 1 unspecified atom stereocenters. The van der Waals surface area contributed by atoms with Gasteiger partial charge >= 0.3 is 0 Å². The van der Waals surface area contributed by atoms with Crippen molar-refractivity contribution < 1.29 is 0 Å². The van der Waals surface area contributed by atoms with E-state index in [1.807, 2.05) is 36.5 Å². The molecule has 0 bridgehead atoms. The lowest BCUT2D eigenvalue weighted by Crippen LogP contribution is -2.23. The number of aromatic nitrogens is 4. The van der Waals surface area contributed by atoms with Gasteiger partial charge in [-0.25, -0.2) is 4.98 Å². The topological polar surface area (TPSA) is 47.7 Å². The second-order valence-electron chi connectivity index (χ2n) is 3.84.